The van der Waals surface area contributed by atoms with Crippen LogP contribution in [0.5, 0.6) is 0 Å². The van der Waals surface area contributed by atoms with Crippen molar-refractivity contribution in [2.24, 2.45) is 0 Å². The highest BCUT2D eigenvalue weighted by atomic mass is 16.5. The second-order valence-corrected chi connectivity index (χ2v) is 4.78. The summed E-state index contributed by atoms with van der Waals surface area (Å²) in [6.45, 7) is 7.71. The number of rotatable bonds is 8. The minimum absolute atomic E-state index is 0.550. The van der Waals surface area contributed by atoms with Crippen LogP contribution in [0.2, 0.25) is 0 Å². The van der Waals surface area contributed by atoms with Crippen LogP contribution in [0.15, 0.2) is 0 Å². The zero-order chi connectivity index (χ0) is 11.6. The van der Waals surface area contributed by atoms with Crippen LogP contribution in [0, 0.1) is 0 Å². The molecule has 1 aliphatic heterocycles. The van der Waals surface area contributed by atoms with Crippen LogP contribution in [-0.2, 0) is 4.74 Å². The molecule has 0 saturated carbocycles. The molecule has 0 spiro atoms. The largest absolute Gasteiger partial charge is 0.378 e. The van der Waals surface area contributed by atoms with E-state index in [4.69, 9.17) is 4.74 Å². The molecule has 0 aromatic carbocycles. The summed E-state index contributed by atoms with van der Waals surface area (Å²) in [6, 6.07) is 0. The predicted molar refractivity (Wildman–Crippen MR) is 68.9 cm³/mol. The third kappa shape index (κ3) is 6.46. The van der Waals surface area contributed by atoms with Gasteiger partial charge in [-0.1, -0.05) is 6.92 Å². The number of hydrogen-bond acceptors (Lipinski definition) is 3. The van der Waals surface area contributed by atoms with Crippen molar-refractivity contribution in [3.05, 3.63) is 0 Å². The lowest BCUT2D eigenvalue weighted by Gasteiger charge is -2.22. The molecule has 1 heterocycles. The van der Waals surface area contributed by atoms with Crippen molar-refractivity contribution in [1.29, 1.82) is 0 Å². The van der Waals surface area contributed by atoms with Gasteiger partial charge in [0.25, 0.3) is 0 Å². The molecule has 1 N–H and O–H groups in total. The van der Waals surface area contributed by atoms with Crippen LogP contribution in [0.25, 0.3) is 0 Å². The quantitative estimate of drug-likeness (QED) is 0.642. The van der Waals surface area contributed by atoms with E-state index in [0.717, 1.165) is 32.8 Å². The van der Waals surface area contributed by atoms with Crippen molar-refractivity contribution in [3.63, 3.8) is 0 Å². The first-order valence-corrected chi connectivity index (χ1v) is 6.83. The molecule has 16 heavy (non-hydrogen) atoms. The fraction of sp³-hybridized carbons (Fsp3) is 1.00. The predicted octanol–water partition coefficient (Wildman–Crippen LogP) is 1.88. The van der Waals surface area contributed by atoms with Gasteiger partial charge in [-0.15, -0.1) is 0 Å². The van der Waals surface area contributed by atoms with E-state index in [9.17, 15) is 0 Å². The van der Waals surface area contributed by atoms with Gasteiger partial charge in [0.15, 0.2) is 0 Å². The summed E-state index contributed by atoms with van der Waals surface area (Å²) in [5.41, 5.74) is 0. The molecule has 0 radical (unpaired) electrons. The van der Waals surface area contributed by atoms with Crippen molar-refractivity contribution in [2.45, 2.75) is 45.1 Å². The molecule has 1 rings (SSSR count). The molecule has 1 atom stereocenters. The van der Waals surface area contributed by atoms with Crippen LogP contribution >= 0.6 is 0 Å². The van der Waals surface area contributed by atoms with E-state index in [1.54, 1.807) is 0 Å². The minimum atomic E-state index is 0.550. The third-order valence-electron chi connectivity index (χ3n) is 3.36. The number of ether oxygens (including phenoxy) is 1. The normalized spacial score (nSPS) is 21.6. The van der Waals surface area contributed by atoms with E-state index in [2.05, 4.69) is 24.2 Å². The van der Waals surface area contributed by atoms with E-state index in [1.165, 1.54) is 32.1 Å². The zero-order valence-electron chi connectivity index (χ0n) is 11.0. The molecular formula is C13H28N2O. The van der Waals surface area contributed by atoms with Crippen molar-refractivity contribution in [2.75, 3.05) is 39.8 Å². The lowest BCUT2D eigenvalue weighted by atomic mass is 10.0. The van der Waals surface area contributed by atoms with Gasteiger partial charge in [-0.3, -0.25) is 0 Å². The van der Waals surface area contributed by atoms with Crippen molar-refractivity contribution in [1.82, 2.24) is 10.2 Å². The highest BCUT2D eigenvalue weighted by Gasteiger charge is 2.12. The molecule has 3 heteroatoms. The standard InChI is InChI=1S/C13H28N2O/c1-3-15(2)11-10-14-9-6-8-13-7-4-5-12-16-13/h13-14H,3-12H2,1-2H3. The molecule has 0 aromatic rings. The smallest absolute Gasteiger partial charge is 0.0575 e. The van der Waals surface area contributed by atoms with Crippen molar-refractivity contribution >= 4 is 0 Å². The number of nitrogens with one attached hydrogen (secondary N) is 1. The maximum Gasteiger partial charge on any atom is 0.0575 e. The lowest BCUT2D eigenvalue weighted by Crippen LogP contribution is -2.30. The fourth-order valence-corrected chi connectivity index (χ4v) is 2.04. The second-order valence-electron chi connectivity index (χ2n) is 4.78. The summed E-state index contributed by atoms with van der Waals surface area (Å²) in [5.74, 6) is 0. The van der Waals surface area contributed by atoms with Crippen LogP contribution in [0.4, 0.5) is 0 Å². The summed E-state index contributed by atoms with van der Waals surface area (Å²) < 4.78 is 5.70. The van der Waals surface area contributed by atoms with Crippen LogP contribution < -0.4 is 5.32 Å². The van der Waals surface area contributed by atoms with Crippen LogP contribution in [-0.4, -0.2) is 50.8 Å². The Morgan fingerprint density at radius 3 is 2.88 bits per heavy atom. The SMILES string of the molecule is CCN(C)CCNCCCC1CCCCO1. The van der Waals surface area contributed by atoms with E-state index in [1.807, 2.05) is 0 Å². The lowest BCUT2D eigenvalue weighted by molar-refractivity contribution is 0.0102. The summed E-state index contributed by atoms with van der Waals surface area (Å²) in [4.78, 5) is 2.33. The fourth-order valence-electron chi connectivity index (χ4n) is 2.04. The summed E-state index contributed by atoms with van der Waals surface area (Å²) in [5, 5.41) is 3.49. The van der Waals surface area contributed by atoms with E-state index >= 15 is 0 Å². The molecule has 1 aliphatic rings. The number of likely N-dealkylation sites (N-methyl/N-ethyl adjacent to an activating group) is 1. The first-order valence-electron chi connectivity index (χ1n) is 6.83. The Balaban J connectivity index is 1.84. The summed E-state index contributed by atoms with van der Waals surface area (Å²) in [6.07, 6.45) is 6.93. The number of nitrogens with zero attached hydrogens (tertiary/aromatic N) is 1. The van der Waals surface area contributed by atoms with Gasteiger partial charge in [0.1, 0.15) is 0 Å². The third-order valence-corrected chi connectivity index (χ3v) is 3.36. The maximum atomic E-state index is 5.70. The topological polar surface area (TPSA) is 24.5 Å². The monoisotopic (exact) mass is 228 g/mol. The Kier molecular flexibility index (Phi) is 7.81. The highest BCUT2D eigenvalue weighted by molar-refractivity contribution is 4.64. The Hall–Kier alpha value is -0.120. The van der Waals surface area contributed by atoms with Gasteiger partial charge in [-0.2, -0.15) is 0 Å². The van der Waals surface area contributed by atoms with Gasteiger partial charge in [0, 0.05) is 19.7 Å². The Bertz CT molecular complexity index is 158. The van der Waals surface area contributed by atoms with Crippen LogP contribution in [0.3, 0.4) is 0 Å². The van der Waals surface area contributed by atoms with Crippen molar-refractivity contribution in [3.8, 4) is 0 Å². The van der Waals surface area contributed by atoms with Gasteiger partial charge in [-0.05, 0) is 52.2 Å². The Morgan fingerprint density at radius 2 is 2.19 bits per heavy atom. The molecule has 0 aliphatic carbocycles. The van der Waals surface area contributed by atoms with E-state index < -0.39 is 0 Å². The molecule has 0 bridgehead atoms. The molecule has 96 valence electrons. The molecule has 1 fully saturated rings. The number of hydrogen-bond donors (Lipinski definition) is 1. The molecule has 0 amide bonds. The second kappa shape index (κ2) is 8.97. The molecular weight excluding hydrogens is 200 g/mol. The summed E-state index contributed by atoms with van der Waals surface area (Å²) >= 11 is 0. The van der Waals surface area contributed by atoms with Gasteiger partial charge in [0.2, 0.25) is 0 Å². The van der Waals surface area contributed by atoms with Crippen LogP contribution in [0.1, 0.15) is 39.0 Å². The average Bonchev–Trinajstić information content (AvgIpc) is 2.34. The molecule has 1 saturated heterocycles. The maximum absolute atomic E-state index is 5.70. The minimum Gasteiger partial charge on any atom is -0.378 e. The van der Waals surface area contributed by atoms with Gasteiger partial charge in [0.05, 0.1) is 6.10 Å². The average molecular weight is 228 g/mol. The van der Waals surface area contributed by atoms with Gasteiger partial charge in [-0.25, -0.2) is 0 Å². The molecule has 3 nitrogen and oxygen atoms in total. The highest BCUT2D eigenvalue weighted by Crippen LogP contribution is 2.16. The molecule has 0 aromatic heterocycles. The summed E-state index contributed by atoms with van der Waals surface area (Å²) in [7, 11) is 2.16. The molecule has 1 unspecified atom stereocenters. The zero-order valence-corrected chi connectivity index (χ0v) is 11.0. The van der Waals surface area contributed by atoms with Crippen molar-refractivity contribution < 1.29 is 4.74 Å². The first-order chi connectivity index (χ1) is 7.83. The van der Waals surface area contributed by atoms with E-state index in [-0.39, 0.29) is 0 Å². The Labute approximate surface area is 101 Å². The van der Waals surface area contributed by atoms with E-state index in [0.29, 0.717) is 6.10 Å². The Morgan fingerprint density at radius 1 is 1.31 bits per heavy atom. The first kappa shape index (κ1) is 13.9. The van der Waals surface area contributed by atoms with Gasteiger partial charge < -0.3 is 15.0 Å². The van der Waals surface area contributed by atoms with Gasteiger partial charge >= 0.3 is 0 Å².